The van der Waals surface area contributed by atoms with E-state index in [1.165, 1.54) is 13.0 Å². The minimum Gasteiger partial charge on any atom is -0.363 e. The first kappa shape index (κ1) is 14.5. The second-order valence-electron chi connectivity index (χ2n) is 5.29. The number of terminal acetylenes is 1. The van der Waals surface area contributed by atoms with E-state index in [-0.39, 0.29) is 0 Å². The van der Waals surface area contributed by atoms with E-state index in [2.05, 4.69) is 5.92 Å². The van der Waals surface area contributed by atoms with E-state index in [4.69, 9.17) is 6.42 Å². The van der Waals surface area contributed by atoms with Gasteiger partial charge in [0.25, 0.3) is 0 Å². The maximum Gasteiger partial charge on any atom is 0.180 e. The zero-order valence-corrected chi connectivity index (χ0v) is 11.4. The molecule has 2 N–H and O–H groups in total. The van der Waals surface area contributed by atoms with Gasteiger partial charge in [-0.25, -0.2) is 0 Å². The van der Waals surface area contributed by atoms with Crippen molar-refractivity contribution in [2.45, 2.75) is 33.5 Å². The predicted molar refractivity (Wildman–Crippen MR) is 74.6 cm³/mol. The smallest absolute Gasteiger partial charge is 0.180 e. The monoisotopic (exact) mass is 244 g/mol. The molecule has 0 saturated carbocycles. The molecule has 0 heterocycles. The first-order valence-electron chi connectivity index (χ1n) is 5.88. The zero-order chi connectivity index (χ0) is 14.0. The van der Waals surface area contributed by atoms with Crippen molar-refractivity contribution in [2.75, 3.05) is 0 Å². The summed E-state index contributed by atoms with van der Waals surface area (Å²) in [5, 5.41) is 19.1. The SMILES string of the molecule is C#CC(C)(C)/C(=C\C(C)(O)O)c1ccc(C)cc1. The van der Waals surface area contributed by atoms with Crippen LogP contribution in [0.15, 0.2) is 30.3 Å². The van der Waals surface area contributed by atoms with Crippen LogP contribution in [0.1, 0.15) is 31.9 Å². The summed E-state index contributed by atoms with van der Waals surface area (Å²) in [5.41, 5.74) is 2.21. The molecule has 0 saturated heterocycles. The third-order valence-corrected chi connectivity index (χ3v) is 2.81. The molecule has 0 aliphatic heterocycles. The summed E-state index contributed by atoms with van der Waals surface area (Å²) in [6.07, 6.45) is 6.94. The minimum atomic E-state index is -1.88. The molecule has 0 aliphatic carbocycles. The highest BCUT2D eigenvalue weighted by atomic mass is 16.5. The molecule has 96 valence electrons. The first-order valence-corrected chi connectivity index (χ1v) is 5.88. The second kappa shape index (κ2) is 4.97. The molecule has 1 aromatic rings. The Bertz CT molecular complexity index is 479. The average Bonchev–Trinajstić information content (AvgIpc) is 2.26. The Morgan fingerprint density at radius 3 is 2.06 bits per heavy atom. The summed E-state index contributed by atoms with van der Waals surface area (Å²) >= 11 is 0. The van der Waals surface area contributed by atoms with Crippen LogP contribution in [0.3, 0.4) is 0 Å². The number of rotatable bonds is 3. The van der Waals surface area contributed by atoms with Crippen LogP contribution in [0.5, 0.6) is 0 Å². The van der Waals surface area contributed by atoms with Crippen molar-refractivity contribution >= 4 is 5.57 Å². The van der Waals surface area contributed by atoms with E-state index in [0.717, 1.165) is 16.7 Å². The van der Waals surface area contributed by atoms with Crippen LogP contribution >= 0.6 is 0 Å². The van der Waals surface area contributed by atoms with Crippen molar-refractivity contribution in [2.24, 2.45) is 5.41 Å². The van der Waals surface area contributed by atoms with Crippen LogP contribution < -0.4 is 0 Å². The van der Waals surface area contributed by atoms with Crippen molar-refractivity contribution in [3.63, 3.8) is 0 Å². The van der Waals surface area contributed by atoms with Crippen molar-refractivity contribution < 1.29 is 10.2 Å². The number of hydrogen-bond donors (Lipinski definition) is 2. The van der Waals surface area contributed by atoms with E-state index in [1.54, 1.807) is 0 Å². The first-order chi connectivity index (χ1) is 8.15. The van der Waals surface area contributed by atoms with E-state index >= 15 is 0 Å². The largest absolute Gasteiger partial charge is 0.363 e. The van der Waals surface area contributed by atoms with E-state index in [1.807, 2.05) is 45.0 Å². The summed E-state index contributed by atoms with van der Waals surface area (Å²) in [7, 11) is 0. The van der Waals surface area contributed by atoms with Gasteiger partial charge in [-0.05, 0) is 44.9 Å². The highest BCUT2D eigenvalue weighted by Gasteiger charge is 2.25. The number of aryl methyl sites for hydroxylation is 1. The second-order valence-corrected chi connectivity index (χ2v) is 5.29. The fourth-order valence-electron chi connectivity index (χ4n) is 1.71. The van der Waals surface area contributed by atoms with Gasteiger partial charge in [0, 0.05) is 0 Å². The van der Waals surface area contributed by atoms with Gasteiger partial charge in [-0.1, -0.05) is 35.7 Å². The Hall–Kier alpha value is -1.56. The molecule has 0 fully saturated rings. The Balaban J connectivity index is 3.36. The van der Waals surface area contributed by atoms with Crippen molar-refractivity contribution in [3.05, 3.63) is 41.5 Å². The lowest BCUT2D eigenvalue weighted by Gasteiger charge is -2.25. The van der Waals surface area contributed by atoms with Gasteiger partial charge in [0.2, 0.25) is 0 Å². The Labute approximate surface area is 109 Å². The van der Waals surface area contributed by atoms with E-state index in [9.17, 15) is 10.2 Å². The molecule has 0 aliphatic rings. The lowest BCUT2D eigenvalue weighted by Crippen LogP contribution is -2.23. The molecule has 0 bridgehead atoms. The molecule has 2 nitrogen and oxygen atoms in total. The van der Waals surface area contributed by atoms with Crippen LogP contribution in [-0.2, 0) is 0 Å². The Morgan fingerprint density at radius 2 is 1.67 bits per heavy atom. The van der Waals surface area contributed by atoms with Gasteiger partial charge in [0.1, 0.15) is 0 Å². The van der Waals surface area contributed by atoms with Crippen LogP contribution in [0.2, 0.25) is 0 Å². The number of aliphatic hydroxyl groups is 2. The van der Waals surface area contributed by atoms with Crippen LogP contribution in [-0.4, -0.2) is 16.0 Å². The number of hydrogen-bond acceptors (Lipinski definition) is 2. The molecule has 0 radical (unpaired) electrons. The minimum absolute atomic E-state index is 0.567. The fourth-order valence-corrected chi connectivity index (χ4v) is 1.71. The topological polar surface area (TPSA) is 40.5 Å². The summed E-state index contributed by atoms with van der Waals surface area (Å²) in [6.45, 7) is 7.07. The highest BCUT2D eigenvalue weighted by molar-refractivity contribution is 5.73. The molecule has 0 atom stereocenters. The molecule has 0 aromatic heterocycles. The lowest BCUT2D eigenvalue weighted by molar-refractivity contribution is -0.100. The molecule has 0 unspecified atom stereocenters. The van der Waals surface area contributed by atoms with E-state index in [0.29, 0.717) is 0 Å². The lowest BCUT2D eigenvalue weighted by atomic mass is 9.80. The predicted octanol–water partition coefficient (Wildman–Crippen LogP) is 2.74. The van der Waals surface area contributed by atoms with Crippen molar-refractivity contribution in [1.82, 2.24) is 0 Å². The van der Waals surface area contributed by atoms with Crippen molar-refractivity contribution in [3.8, 4) is 12.3 Å². The standard InChI is InChI=1S/C16H20O2/c1-6-15(3,4)14(11-16(5,17)18)13-9-7-12(2)8-10-13/h1,7-11,17-18H,2-5H3/b14-11-. The number of allylic oxidation sites excluding steroid dienone is 1. The van der Waals surface area contributed by atoms with Crippen molar-refractivity contribution in [1.29, 1.82) is 0 Å². The van der Waals surface area contributed by atoms with Crippen LogP contribution in [0.25, 0.3) is 5.57 Å². The molecular formula is C16H20O2. The quantitative estimate of drug-likeness (QED) is 0.634. The molecule has 0 amide bonds. The average molecular weight is 244 g/mol. The van der Waals surface area contributed by atoms with Gasteiger partial charge in [-0.15, -0.1) is 6.42 Å². The fraction of sp³-hybridized carbons (Fsp3) is 0.375. The third kappa shape index (κ3) is 3.73. The summed E-state index contributed by atoms with van der Waals surface area (Å²) < 4.78 is 0. The Kier molecular flexibility index (Phi) is 4.01. The van der Waals surface area contributed by atoms with Gasteiger partial charge in [-0.3, -0.25) is 0 Å². The van der Waals surface area contributed by atoms with Gasteiger partial charge in [0.15, 0.2) is 5.79 Å². The van der Waals surface area contributed by atoms with E-state index < -0.39 is 11.2 Å². The van der Waals surface area contributed by atoms with Gasteiger partial charge in [0.05, 0.1) is 5.41 Å². The van der Waals surface area contributed by atoms with Crippen LogP contribution in [0.4, 0.5) is 0 Å². The van der Waals surface area contributed by atoms with Gasteiger partial charge in [-0.2, -0.15) is 0 Å². The zero-order valence-electron chi connectivity index (χ0n) is 11.4. The Morgan fingerprint density at radius 1 is 1.17 bits per heavy atom. The molecule has 1 aromatic carbocycles. The van der Waals surface area contributed by atoms with Gasteiger partial charge < -0.3 is 10.2 Å². The molecule has 0 spiro atoms. The third-order valence-electron chi connectivity index (χ3n) is 2.81. The van der Waals surface area contributed by atoms with Crippen LogP contribution in [0, 0.1) is 24.7 Å². The maximum atomic E-state index is 9.57. The van der Waals surface area contributed by atoms with Gasteiger partial charge >= 0.3 is 0 Å². The molecule has 1 rings (SSSR count). The molecule has 2 heteroatoms. The maximum absolute atomic E-state index is 9.57. The highest BCUT2D eigenvalue weighted by Crippen LogP contribution is 2.35. The summed E-state index contributed by atoms with van der Waals surface area (Å²) in [4.78, 5) is 0. The molecule has 18 heavy (non-hydrogen) atoms. The normalized spacial score (nSPS) is 13.3. The number of benzene rings is 1. The summed E-state index contributed by atoms with van der Waals surface area (Å²) in [5.74, 6) is 0.806. The molecular weight excluding hydrogens is 224 g/mol. The summed E-state index contributed by atoms with van der Waals surface area (Å²) in [6, 6.07) is 7.82.